The number of carbonyl (C=O) groups is 1. The fraction of sp³-hybridized carbons (Fsp3) is 0.467. The van der Waals surface area contributed by atoms with Crippen molar-refractivity contribution in [1.82, 2.24) is 5.01 Å². The van der Waals surface area contributed by atoms with E-state index in [0.717, 1.165) is 24.1 Å². The van der Waals surface area contributed by atoms with Crippen molar-refractivity contribution in [2.75, 3.05) is 0 Å². The molecular formula is C15H18N2O. The van der Waals surface area contributed by atoms with Crippen molar-refractivity contribution in [3.8, 4) is 0 Å². The maximum Gasteiger partial charge on any atom is 0.249 e. The van der Waals surface area contributed by atoms with Crippen LogP contribution in [0.1, 0.15) is 44.1 Å². The lowest BCUT2D eigenvalue weighted by atomic mass is 9.95. The van der Waals surface area contributed by atoms with E-state index in [2.05, 4.69) is 5.10 Å². The Hall–Kier alpha value is -1.64. The lowest BCUT2D eigenvalue weighted by molar-refractivity contribution is -0.131. The molecule has 18 heavy (non-hydrogen) atoms. The Morgan fingerprint density at radius 1 is 1.06 bits per heavy atom. The predicted molar refractivity (Wildman–Crippen MR) is 71.3 cm³/mol. The SMILES string of the molecule is O=C1CC(c2ccccc2)=NN1C1CCCCC1. The molecule has 0 unspecified atom stereocenters. The summed E-state index contributed by atoms with van der Waals surface area (Å²) in [5.74, 6) is 0.167. The van der Waals surface area contributed by atoms with Crippen LogP contribution in [0.4, 0.5) is 0 Å². The third-order valence-corrected chi connectivity index (χ3v) is 3.83. The van der Waals surface area contributed by atoms with Gasteiger partial charge in [0.2, 0.25) is 5.91 Å². The Kier molecular flexibility index (Phi) is 3.13. The first kappa shape index (κ1) is 11.5. The summed E-state index contributed by atoms with van der Waals surface area (Å²) in [6, 6.07) is 10.4. The zero-order valence-electron chi connectivity index (χ0n) is 10.5. The molecule has 0 bridgehead atoms. The summed E-state index contributed by atoms with van der Waals surface area (Å²) in [6.45, 7) is 0. The van der Waals surface area contributed by atoms with Gasteiger partial charge in [-0.15, -0.1) is 0 Å². The van der Waals surface area contributed by atoms with E-state index < -0.39 is 0 Å². The summed E-state index contributed by atoms with van der Waals surface area (Å²) in [6.07, 6.45) is 6.43. The molecule has 0 radical (unpaired) electrons. The van der Waals surface area contributed by atoms with E-state index in [9.17, 15) is 4.79 Å². The molecule has 0 aromatic heterocycles. The van der Waals surface area contributed by atoms with Crippen LogP contribution in [0.5, 0.6) is 0 Å². The van der Waals surface area contributed by atoms with Gasteiger partial charge in [0.25, 0.3) is 0 Å². The molecule has 0 atom stereocenters. The monoisotopic (exact) mass is 242 g/mol. The minimum Gasteiger partial charge on any atom is -0.273 e. The highest BCUT2D eigenvalue weighted by atomic mass is 16.2. The van der Waals surface area contributed by atoms with E-state index in [-0.39, 0.29) is 5.91 Å². The van der Waals surface area contributed by atoms with Gasteiger partial charge < -0.3 is 0 Å². The van der Waals surface area contributed by atoms with E-state index >= 15 is 0 Å². The van der Waals surface area contributed by atoms with Crippen LogP contribution >= 0.6 is 0 Å². The van der Waals surface area contributed by atoms with E-state index in [0.29, 0.717) is 12.5 Å². The minimum atomic E-state index is 0.167. The van der Waals surface area contributed by atoms with E-state index in [1.165, 1.54) is 19.3 Å². The number of hydrogen-bond acceptors (Lipinski definition) is 2. The predicted octanol–water partition coefficient (Wildman–Crippen LogP) is 2.96. The van der Waals surface area contributed by atoms with Gasteiger partial charge in [-0.3, -0.25) is 4.79 Å². The number of carbonyl (C=O) groups excluding carboxylic acids is 1. The van der Waals surface area contributed by atoms with Crippen molar-refractivity contribution in [2.24, 2.45) is 5.10 Å². The summed E-state index contributed by atoms with van der Waals surface area (Å²) < 4.78 is 0. The molecule has 1 aromatic rings. The number of rotatable bonds is 2. The average Bonchev–Trinajstić information content (AvgIpc) is 2.83. The smallest absolute Gasteiger partial charge is 0.249 e. The molecule has 1 aliphatic carbocycles. The Morgan fingerprint density at radius 2 is 1.78 bits per heavy atom. The zero-order chi connectivity index (χ0) is 12.4. The van der Waals surface area contributed by atoms with Crippen molar-refractivity contribution in [3.63, 3.8) is 0 Å². The second kappa shape index (κ2) is 4.92. The van der Waals surface area contributed by atoms with Crippen LogP contribution in [-0.2, 0) is 4.79 Å². The maximum absolute atomic E-state index is 12.1. The fourth-order valence-corrected chi connectivity index (χ4v) is 2.85. The number of benzene rings is 1. The van der Waals surface area contributed by atoms with Crippen molar-refractivity contribution in [2.45, 2.75) is 44.6 Å². The molecule has 1 amide bonds. The van der Waals surface area contributed by atoms with Crippen LogP contribution in [0.2, 0.25) is 0 Å². The first-order valence-corrected chi connectivity index (χ1v) is 6.79. The van der Waals surface area contributed by atoms with Crippen LogP contribution in [-0.4, -0.2) is 22.7 Å². The van der Waals surface area contributed by atoms with Crippen LogP contribution in [0.3, 0.4) is 0 Å². The number of nitrogens with zero attached hydrogens (tertiary/aromatic N) is 2. The quantitative estimate of drug-likeness (QED) is 0.784. The molecule has 3 nitrogen and oxygen atoms in total. The summed E-state index contributed by atoms with van der Waals surface area (Å²) in [5, 5.41) is 6.31. The highest BCUT2D eigenvalue weighted by molar-refractivity contribution is 6.13. The molecule has 1 aromatic carbocycles. The number of amides is 1. The number of hydrogen-bond donors (Lipinski definition) is 0. The summed E-state index contributed by atoms with van der Waals surface area (Å²) in [5.41, 5.74) is 2.00. The molecular weight excluding hydrogens is 224 g/mol. The number of hydrazone groups is 1. The summed E-state index contributed by atoms with van der Waals surface area (Å²) in [7, 11) is 0. The average molecular weight is 242 g/mol. The van der Waals surface area contributed by atoms with Gasteiger partial charge >= 0.3 is 0 Å². The van der Waals surface area contributed by atoms with Crippen LogP contribution in [0.25, 0.3) is 0 Å². The van der Waals surface area contributed by atoms with E-state index in [1.54, 1.807) is 5.01 Å². The Labute approximate surface area is 107 Å². The second-order valence-corrected chi connectivity index (χ2v) is 5.12. The topological polar surface area (TPSA) is 32.7 Å². The van der Waals surface area contributed by atoms with Crippen LogP contribution in [0, 0.1) is 0 Å². The van der Waals surface area contributed by atoms with Crippen LogP contribution in [0.15, 0.2) is 35.4 Å². The first-order chi connectivity index (χ1) is 8.84. The molecule has 3 heteroatoms. The summed E-state index contributed by atoms with van der Waals surface area (Å²) >= 11 is 0. The van der Waals surface area contributed by atoms with Gasteiger partial charge in [0, 0.05) is 0 Å². The molecule has 1 saturated carbocycles. The third-order valence-electron chi connectivity index (χ3n) is 3.83. The highest BCUT2D eigenvalue weighted by Gasteiger charge is 2.31. The first-order valence-electron chi connectivity index (χ1n) is 6.79. The lowest BCUT2D eigenvalue weighted by Crippen LogP contribution is -2.34. The molecule has 0 spiro atoms. The van der Waals surface area contributed by atoms with Gasteiger partial charge in [-0.05, 0) is 18.4 Å². The second-order valence-electron chi connectivity index (χ2n) is 5.12. The summed E-state index contributed by atoms with van der Waals surface area (Å²) in [4.78, 5) is 12.1. The molecule has 1 heterocycles. The molecule has 1 fully saturated rings. The molecule has 0 N–H and O–H groups in total. The standard InChI is InChI=1S/C15H18N2O/c18-15-11-14(12-7-3-1-4-8-12)16-17(15)13-9-5-2-6-10-13/h1,3-4,7-8,13H,2,5-6,9-11H2. The van der Waals surface area contributed by atoms with Gasteiger partial charge in [0.05, 0.1) is 18.2 Å². The molecule has 94 valence electrons. The fourth-order valence-electron chi connectivity index (χ4n) is 2.85. The van der Waals surface area contributed by atoms with Gasteiger partial charge in [-0.2, -0.15) is 5.10 Å². The van der Waals surface area contributed by atoms with Crippen molar-refractivity contribution >= 4 is 11.6 Å². The normalized spacial score (nSPS) is 21.2. The molecule has 2 aliphatic rings. The van der Waals surface area contributed by atoms with Crippen molar-refractivity contribution in [1.29, 1.82) is 0 Å². The van der Waals surface area contributed by atoms with Gasteiger partial charge in [-0.25, -0.2) is 5.01 Å². The Bertz CT molecular complexity index is 461. The van der Waals surface area contributed by atoms with E-state index in [1.807, 2.05) is 30.3 Å². The minimum absolute atomic E-state index is 0.167. The van der Waals surface area contributed by atoms with Crippen molar-refractivity contribution < 1.29 is 4.79 Å². The largest absolute Gasteiger partial charge is 0.273 e. The Balaban J connectivity index is 1.80. The Morgan fingerprint density at radius 3 is 2.50 bits per heavy atom. The molecule has 3 rings (SSSR count). The van der Waals surface area contributed by atoms with E-state index in [4.69, 9.17) is 0 Å². The third kappa shape index (κ3) is 2.17. The van der Waals surface area contributed by atoms with Gasteiger partial charge in [0.1, 0.15) is 0 Å². The zero-order valence-corrected chi connectivity index (χ0v) is 10.5. The lowest BCUT2D eigenvalue weighted by Gasteiger charge is -2.27. The maximum atomic E-state index is 12.1. The van der Waals surface area contributed by atoms with Gasteiger partial charge in [-0.1, -0.05) is 49.6 Å². The molecule has 1 aliphatic heterocycles. The van der Waals surface area contributed by atoms with Crippen molar-refractivity contribution in [3.05, 3.63) is 35.9 Å². The van der Waals surface area contributed by atoms with Crippen LogP contribution < -0.4 is 0 Å². The molecule has 0 saturated heterocycles. The van der Waals surface area contributed by atoms with Gasteiger partial charge in [0.15, 0.2) is 0 Å². The highest BCUT2D eigenvalue weighted by Crippen LogP contribution is 2.26.